The van der Waals surface area contributed by atoms with Gasteiger partial charge in [0, 0.05) is 56.0 Å². The lowest BCUT2D eigenvalue weighted by Crippen LogP contribution is -1.96. The van der Waals surface area contributed by atoms with Crippen LogP contribution in [0.25, 0.3) is 100.0 Å². The number of aromatic nitrogens is 5. The summed E-state index contributed by atoms with van der Waals surface area (Å²) in [4.78, 5) is 25.0. The number of hydrogen-bond donors (Lipinski definition) is 0. The van der Waals surface area contributed by atoms with Crippen LogP contribution in [-0.4, -0.2) is 24.9 Å². The van der Waals surface area contributed by atoms with Gasteiger partial charge in [-0.2, -0.15) is 0 Å². The number of hydrogen-bond acceptors (Lipinski definition) is 5. The molecule has 0 N–H and O–H groups in total. The zero-order valence-corrected chi connectivity index (χ0v) is 31.0. The summed E-state index contributed by atoms with van der Waals surface area (Å²) in [5, 5.41) is 3.29. The fourth-order valence-corrected chi connectivity index (χ4v) is 7.70. The fraction of sp³-hybridized carbons (Fsp3) is 0.0392. The molecule has 5 heteroatoms. The molecule has 264 valence electrons. The molecule has 0 aliphatic heterocycles. The van der Waals surface area contributed by atoms with Crippen LogP contribution in [0.15, 0.2) is 176 Å². The van der Waals surface area contributed by atoms with Crippen LogP contribution in [0.1, 0.15) is 11.4 Å². The number of rotatable bonds is 6. The first-order chi connectivity index (χ1) is 27.5. The van der Waals surface area contributed by atoms with Crippen molar-refractivity contribution in [3.63, 3.8) is 0 Å². The van der Waals surface area contributed by atoms with E-state index in [0.717, 1.165) is 106 Å². The van der Waals surface area contributed by atoms with Gasteiger partial charge >= 0.3 is 0 Å². The maximum absolute atomic E-state index is 5.23. The first-order valence-corrected chi connectivity index (χ1v) is 18.8. The largest absolute Gasteiger partial charge is 0.256 e. The van der Waals surface area contributed by atoms with Gasteiger partial charge in [0.25, 0.3) is 0 Å². The molecule has 56 heavy (non-hydrogen) atoms. The van der Waals surface area contributed by atoms with E-state index in [1.54, 1.807) is 0 Å². The Hall–Kier alpha value is -7.37. The van der Waals surface area contributed by atoms with E-state index in [9.17, 15) is 0 Å². The average molecular weight is 718 g/mol. The summed E-state index contributed by atoms with van der Waals surface area (Å²) in [6, 6.07) is 59.3. The van der Waals surface area contributed by atoms with Crippen molar-refractivity contribution in [1.82, 2.24) is 24.9 Å². The molecule has 4 heterocycles. The van der Waals surface area contributed by atoms with E-state index in [0.29, 0.717) is 5.82 Å². The Morgan fingerprint density at radius 2 is 0.929 bits per heavy atom. The predicted molar refractivity (Wildman–Crippen MR) is 230 cm³/mol. The van der Waals surface area contributed by atoms with Gasteiger partial charge in [-0.3, -0.25) is 15.0 Å². The number of pyridine rings is 3. The van der Waals surface area contributed by atoms with Gasteiger partial charge in [-0.15, -0.1) is 0 Å². The van der Waals surface area contributed by atoms with Crippen LogP contribution in [0.4, 0.5) is 0 Å². The first kappa shape index (κ1) is 33.2. The molecule has 5 nitrogen and oxygen atoms in total. The predicted octanol–water partition coefficient (Wildman–Crippen LogP) is 12.7. The molecule has 0 atom stereocenters. The van der Waals surface area contributed by atoms with Crippen LogP contribution in [0.2, 0.25) is 0 Å². The molecule has 10 rings (SSSR count). The van der Waals surface area contributed by atoms with Crippen LogP contribution in [-0.2, 0) is 0 Å². The highest BCUT2D eigenvalue weighted by atomic mass is 14.9. The summed E-state index contributed by atoms with van der Waals surface area (Å²) in [5.74, 6) is 0.669. The highest BCUT2D eigenvalue weighted by molar-refractivity contribution is 6.08. The van der Waals surface area contributed by atoms with Crippen LogP contribution in [0.3, 0.4) is 0 Å². The van der Waals surface area contributed by atoms with Gasteiger partial charge < -0.3 is 0 Å². The molecule has 0 spiro atoms. The van der Waals surface area contributed by atoms with E-state index < -0.39 is 0 Å². The van der Waals surface area contributed by atoms with Crippen molar-refractivity contribution in [1.29, 1.82) is 0 Å². The van der Waals surface area contributed by atoms with Gasteiger partial charge in [-0.25, -0.2) is 9.97 Å². The molecule has 10 aromatic rings. The highest BCUT2D eigenvalue weighted by Gasteiger charge is 2.15. The smallest absolute Gasteiger partial charge is 0.160 e. The third-order valence-electron chi connectivity index (χ3n) is 10.4. The van der Waals surface area contributed by atoms with Gasteiger partial charge in [-0.05, 0) is 84.1 Å². The molecule has 0 bridgehead atoms. The minimum atomic E-state index is 0.669. The van der Waals surface area contributed by atoms with Crippen molar-refractivity contribution >= 4 is 32.7 Å². The Morgan fingerprint density at radius 3 is 1.75 bits per heavy atom. The van der Waals surface area contributed by atoms with Gasteiger partial charge in [0.15, 0.2) is 5.82 Å². The summed E-state index contributed by atoms with van der Waals surface area (Å²) in [5.41, 5.74) is 16.1. The number of fused-ring (bicyclic) bond motifs is 4. The zero-order valence-electron chi connectivity index (χ0n) is 31.0. The van der Waals surface area contributed by atoms with Crippen molar-refractivity contribution in [2.75, 3.05) is 0 Å². The molecule has 0 saturated carbocycles. The molecule has 4 aromatic heterocycles. The van der Waals surface area contributed by atoms with E-state index in [1.165, 1.54) is 0 Å². The molecule has 0 saturated heterocycles. The lowest BCUT2D eigenvalue weighted by atomic mass is 9.95. The van der Waals surface area contributed by atoms with Gasteiger partial charge in [0.05, 0.1) is 27.9 Å². The third kappa shape index (κ3) is 6.15. The van der Waals surface area contributed by atoms with E-state index in [2.05, 4.69) is 153 Å². The quantitative estimate of drug-likeness (QED) is 0.160. The van der Waals surface area contributed by atoms with Crippen LogP contribution in [0.5, 0.6) is 0 Å². The first-order valence-electron chi connectivity index (χ1n) is 18.8. The summed E-state index contributed by atoms with van der Waals surface area (Å²) in [6.07, 6.45) is 1.85. The maximum Gasteiger partial charge on any atom is 0.160 e. The molecular weight excluding hydrogens is 683 g/mol. The number of nitrogens with zero attached hydrogens (tertiary/aromatic N) is 5. The van der Waals surface area contributed by atoms with Crippen molar-refractivity contribution < 1.29 is 0 Å². The third-order valence-corrected chi connectivity index (χ3v) is 10.4. The van der Waals surface area contributed by atoms with Crippen molar-refractivity contribution in [2.24, 2.45) is 0 Å². The molecule has 0 fully saturated rings. The normalized spacial score (nSPS) is 11.4. The minimum absolute atomic E-state index is 0.669. The number of aryl methyl sites for hydroxylation is 2. The van der Waals surface area contributed by atoms with E-state index in [4.69, 9.17) is 24.9 Å². The second kappa shape index (κ2) is 13.8. The second-order valence-corrected chi connectivity index (χ2v) is 14.2. The van der Waals surface area contributed by atoms with E-state index in [-0.39, 0.29) is 0 Å². The molecule has 0 amide bonds. The van der Waals surface area contributed by atoms with Crippen molar-refractivity contribution in [2.45, 2.75) is 13.8 Å². The molecule has 6 aromatic carbocycles. The Kier molecular flexibility index (Phi) is 8.19. The van der Waals surface area contributed by atoms with Gasteiger partial charge in [-0.1, -0.05) is 127 Å². The second-order valence-electron chi connectivity index (χ2n) is 14.2. The standard InChI is InChI=1S/C51H35N5/c1-32-22-23-36-24-25-44-45(27-33(2)54-50(44)49(36)53-32)40-17-6-14-37(28-40)38-15-7-19-42(29-38)51-55-46(34-11-4-3-5-12-34)31-47(56-51)41-18-8-16-39(30-41)43-21-9-13-35-20-10-26-52-48(35)43/h3-31H,1-2H3. The van der Waals surface area contributed by atoms with E-state index >= 15 is 0 Å². The fourth-order valence-electron chi connectivity index (χ4n) is 7.70. The minimum Gasteiger partial charge on any atom is -0.256 e. The zero-order chi connectivity index (χ0) is 37.6. The number of benzene rings is 6. The summed E-state index contributed by atoms with van der Waals surface area (Å²) >= 11 is 0. The van der Waals surface area contributed by atoms with Crippen molar-refractivity contribution in [3.8, 4) is 67.3 Å². The summed E-state index contributed by atoms with van der Waals surface area (Å²) in [7, 11) is 0. The summed E-state index contributed by atoms with van der Waals surface area (Å²) in [6.45, 7) is 4.08. The Morgan fingerprint density at radius 1 is 0.339 bits per heavy atom. The Balaban J connectivity index is 1.07. The Bertz CT molecular complexity index is 3110. The SMILES string of the molecule is Cc1ccc2ccc3c(-c4cccc(-c5cccc(-c6nc(-c7ccccc7)cc(-c7cccc(-c8cccc9cccnc89)c7)n6)c5)c4)cc(C)nc3c2n1. The van der Waals surface area contributed by atoms with Crippen LogP contribution >= 0.6 is 0 Å². The Labute approximate surface area is 325 Å². The highest BCUT2D eigenvalue weighted by Crippen LogP contribution is 2.36. The molecule has 0 aliphatic carbocycles. The van der Waals surface area contributed by atoms with Gasteiger partial charge in [0.1, 0.15) is 0 Å². The lowest BCUT2D eigenvalue weighted by Gasteiger charge is -2.13. The maximum atomic E-state index is 5.23. The summed E-state index contributed by atoms with van der Waals surface area (Å²) < 4.78 is 0. The monoisotopic (exact) mass is 717 g/mol. The average Bonchev–Trinajstić information content (AvgIpc) is 3.26. The molecular formula is C51H35N5. The van der Waals surface area contributed by atoms with E-state index in [1.807, 2.05) is 37.4 Å². The molecule has 0 unspecified atom stereocenters. The lowest BCUT2D eigenvalue weighted by molar-refractivity contribution is 1.18. The topological polar surface area (TPSA) is 64.5 Å². The van der Waals surface area contributed by atoms with Crippen LogP contribution < -0.4 is 0 Å². The molecule has 0 radical (unpaired) electrons. The molecule has 0 aliphatic rings. The number of para-hydroxylation sites is 1. The van der Waals surface area contributed by atoms with Crippen LogP contribution in [0, 0.1) is 13.8 Å². The van der Waals surface area contributed by atoms with Gasteiger partial charge in [0.2, 0.25) is 0 Å². The van der Waals surface area contributed by atoms with Crippen molar-refractivity contribution in [3.05, 3.63) is 187 Å².